The minimum Gasteiger partial charge on any atom is -0.487 e. The first-order chi connectivity index (χ1) is 15.6. The Morgan fingerprint density at radius 1 is 1.06 bits per heavy atom. The summed E-state index contributed by atoms with van der Waals surface area (Å²) in [5.41, 5.74) is 4.79. The zero-order chi connectivity index (χ0) is 22.3. The molecule has 4 rings (SSSR count). The maximum Gasteiger partial charge on any atom is 0.307 e. The highest BCUT2D eigenvalue weighted by molar-refractivity contribution is 6.01. The van der Waals surface area contributed by atoms with Crippen LogP contribution in [-0.2, 0) is 16.2 Å². The number of carboxylic acids is 1. The molecule has 0 heterocycles. The van der Waals surface area contributed by atoms with Crippen molar-refractivity contribution >= 4 is 17.4 Å². The van der Waals surface area contributed by atoms with Crippen LogP contribution in [0.1, 0.15) is 29.0 Å². The molecule has 3 aromatic rings. The van der Waals surface area contributed by atoms with Gasteiger partial charge in [0.2, 0.25) is 0 Å². The number of anilines is 1. The van der Waals surface area contributed by atoms with E-state index in [-0.39, 0.29) is 11.8 Å². The molecule has 6 heteroatoms. The fourth-order valence-corrected chi connectivity index (χ4v) is 3.72. The molecule has 0 unspecified atom stereocenters. The number of carbonyl (C=O) groups is 1. The highest BCUT2D eigenvalue weighted by Gasteiger charge is 2.44. The molecule has 6 nitrogen and oxygen atoms in total. The molecule has 1 aliphatic rings. The molecule has 0 aromatic heterocycles. The zero-order valence-electron chi connectivity index (χ0n) is 17.9. The Hall–Kier alpha value is -3.80. The molecule has 0 amide bonds. The zero-order valence-corrected chi connectivity index (χ0v) is 17.9. The van der Waals surface area contributed by atoms with E-state index in [4.69, 9.17) is 14.7 Å². The van der Waals surface area contributed by atoms with Crippen molar-refractivity contribution in [1.82, 2.24) is 0 Å². The molecule has 2 N–H and O–H groups in total. The molecule has 0 aliphatic heterocycles. The van der Waals surface area contributed by atoms with E-state index in [9.17, 15) is 4.79 Å². The summed E-state index contributed by atoms with van der Waals surface area (Å²) in [5.74, 6) is -0.0868. The van der Waals surface area contributed by atoms with E-state index < -0.39 is 5.97 Å². The first-order valence-electron chi connectivity index (χ1n) is 10.6. The van der Waals surface area contributed by atoms with Crippen molar-refractivity contribution in [1.29, 1.82) is 0 Å². The number of aliphatic carboxylic acids is 1. The second-order valence-corrected chi connectivity index (χ2v) is 7.79. The van der Waals surface area contributed by atoms with Crippen LogP contribution < -0.4 is 10.1 Å². The smallest absolute Gasteiger partial charge is 0.307 e. The van der Waals surface area contributed by atoms with E-state index in [1.807, 2.05) is 78.9 Å². The van der Waals surface area contributed by atoms with Crippen LogP contribution in [0.25, 0.3) is 0 Å². The molecule has 1 aliphatic carbocycles. The molecule has 0 spiro atoms. The molecule has 3 aromatic carbocycles. The third-order valence-electron chi connectivity index (χ3n) is 5.50. The van der Waals surface area contributed by atoms with Crippen LogP contribution in [0.2, 0.25) is 0 Å². The number of oxime groups is 1. The first kappa shape index (κ1) is 21.4. The maximum absolute atomic E-state index is 11.1. The molecule has 0 saturated heterocycles. The number of nitrogens with one attached hydrogen (secondary N) is 1. The summed E-state index contributed by atoms with van der Waals surface area (Å²) in [5, 5.41) is 16.7. The second kappa shape index (κ2) is 10.0. The van der Waals surface area contributed by atoms with Crippen molar-refractivity contribution in [3.05, 3.63) is 95.6 Å². The molecule has 164 valence electrons. The van der Waals surface area contributed by atoms with Crippen molar-refractivity contribution in [2.45, 2.75) is 18.9 Å². The van der Waals surface area contributed by atoms with Crippen molar-refractivity contribution in [2.24, 2.45) is 11.1 Å². The van der Waals surface area contributed by atoms with Crippen LogP contribution >= 0.6 is 0 Å². The second-order valence-electron chi connectivity index (χ2n) is 7.79. The average molecular weight is 431 g/mol. The van der Waals surface area contributed by atoms with Gasteiger partial charge >= 0.3 is 5.97 Å². The largest absolute Gasteiger partial charge is 0.487 e. The lowest BCUT2D eigenvalue weighted by Gasteiger charge is -2.11. The van der Waals surface area contributed by atoms with E-state index in [2.05, 4.69) is 10.5 Å². The highest BCUT2D eigenvalue weighted by Crippen LogP contribution is 2.47. The first-order valence-corrected chi connectivity index (χ1v) is 10.6. The Morgan fingerprint density at radius 2 is 1.88 bits per heavy atom. The van der Waals surface area contributed by atoms with Gasteiger partial charge in [-0.05, 0) is 47.7 Å². The minimum atomic E-state index is -0.712. The van der Waals surface area contributed by atoms with Gasteiger partial charge in [-0.25, -0.2) is 0 Å². The van der Waals surface area contributed by atoms with Crippen LogP contribution in [-0.4, -0.2) is 30.5 Å². The third kappa shape index (κ3) is 5.46. The van der Waals surface area contributed by atoms with Crippen molar-refractivity contribution in [3.8, 4) is 5.75 Å². The normalized spacial score (nSPS) is 17.5. The predicted octanol–water partition coefficient (Wildman–Crippen LogP) is 4.92. The monoisotopic (exact) mass is 430 g/mol. The van der Waals surface area contributed by atoms with E-state index in [0.29, 0.717) is 18.9 Å². The molecular weight excluding hydrogens is 404 g/mol. The maximum atomic E-state index is 11.1. The van der Waals surface area contributed by atoms with E-state index in [1.165, 1.54) is 7.11 Å². The summed E-state index contributed by atoms with van der Waals surface area (Å²) in [6.45, 7) is 0.925. The Kier molecular flexibility index (Phi) is 6.70. The third-order valence-corrected chi connectivity index (χ3v) is 5.50. The SMILES string of the molecule is CO/N=C(/COc1cccc(CNc2cccc([C@@H]3C[C@H]3C(=O)O)c2)c1)c1ccccc1. The number of hydrogen-bond donors (Lipinski definition) is 2. The van der Waals surface area contributed by atoms with Gasteiger partial charge in [0.15, 0.2) is 0 Å². The Balaban J connectivity index is 1.35. The minimum absolute atomic E-state index is 0.124. The van der Waals surface area contributed by atoms with Gasteiger partial charge in [-0.2, -0.15) is 0 Å². The fraction of sp³-hybridized carbons (Fsp3) is 0.231. The van der Waals surface area contributed by atoms with Crippen molar-refractivity contribution in [2.75, 3.05) is 19.0 Å². The van der Waals surface area contributed by atoms with E-state index >= 15 is 0 Å². The number of nitrogens with zero attached hydrogens (tertiary/aromatic N) is 1. The molecule has 32 heavy (non-hydrogen) atoms. The van der Waals surface area contributed by atoms with Gasteiger partial charge in [-0.1, -0.05) is 59.8 Å². The van der Waals surface area contributed by atoms with Crippen LogP contribution in [0.4, 0.5) is 5.69 Å². The summed E-state index contributed by atoms with van der Waals surface area (Å²) >= 11 is 0. The summed E-state index contributed by atoms with van der Waals surface area (Å²) in [6, 6.07) is 25.7. The number of carboxylic acid groups (broad SMARTS) is 1. The quantitative estimate of drug-likeness (QED) is 0.353. The van der Waals surface area contributed by atoms with Crippen LogP contribution in [0.5, 0.6) is 5.75 Å². The van der Waals surface area contributed by atoms with Gasteiger partial charge in [-0.3, -0.25) is 4.79 Å². The Labute approximate surface area is 187 Å². The van der Waals surface area contributed by atoms with Crippen LogP contribution in [0.15, 0.2) is 84.0 Å². The summed E-state index contributed by atoms with van der Waals surface area (Å²) in [7, 11) is 1.52. The van der Waals surface area contributed by atoms with E-state index in [1.54, 1.807) is 0 Å². The highest BCUT2D eigenvalue weighted by atomic mass is 16.6. The summed E-state index contributed by atoms with van der Waals surface area (Å²) in [4.78, 5) is 16.1. The molecule has 1 fully saturated rings. The molecule has 2 atom stereocenters. The number of benzene rings is 3. The topological polar surface area (TPSA) is 80.2 Å². The Bertz CT molecular complexity index is 1100. The van der Waals surface area contributed by atoms with Gasteiger partial charge < -0.3 is 20.0 Å². The van der Waals surface area contributed by atoms with Gasteiger partial charge in [0, 0.05) is 17.8 Å². The number of rotatable bonds is 10. The lowest BCUT2D eigenvalue weighted by Crippen LogP contribution is -2.13. The van der Waals surface area contributed by atoms with Crippen molar-refractivity contribution in [3.63, 3.8) is 0 Å². The molecule has 1 saturated carbocycles. The average Bonchev–Trinajstić information content (AvgIpc) is 3.63. The Morgan fingerprint density at radius 3 is 2.62 bits per heavy atom. The van der Waals surface area contributed by atoms with Crippen molar-refractivity contribution < 1.29 is 19.5 Å². The lowest BCUT2D eigenvalue weighted by atomic mass is 10.1. The number of ether oxygens (including phenoxy) is 1. The summed E-state index contributed by atoms with van der Waals surface area (Å²) < 4.78 is 5.97. The van der Waals surface area contributed by atoms with Gasteiger partial charge in [0.05, 0.1) is 5.92 Å². The van der Waals surface area contributed by atoms with Crippen LogP contribution in [0, 0.1) is 5.92 Å². The number of hydrogen-bond acceptors (Lipinski definition) is 5. The lowest BCUT2D eigenvalue weighted by molar-refractivity contribution is -0.138. The van der Waals surface area contributed by atoms with Gasteiger partial charge in [0.25, 0.3) is 0 Å². The molecular formula is C26H26N2O4. The van der Waals surface area contributed by atoms with Gasteiger partial charge in [0.1, 0.15) is 25.2 Å². The van der Waals surface area contributed by atoms with Crippen LogP contribution in [0.3, 0.4) is 0 Å². The molecule has 0 radical (unpaired) electrons. The molecule has 0 bridgehead atoms. The summed E-state index contributed by atoms with van der Waals surface area (Å²) in [6.07, 6.45) is 0.718. The van der Waals surface area contributed by atoms with Gasteiger partial charge in [-0.15, -0.1) is 0 Å². The predicted molar refractivity (Wildman–Crippen MR) is 124 cm³/mol. The van der Waals surface area contributed by atoms with E-state index in [0.717, 1.165) is 34.5 Å². The standard InChI is InChI=1S/C26H26N2O4/c1-31-28-25(19-8-3-2-4-9-19)17-32-22-12-5-7-18(13-22)16-27-21-11-6-10-20(14-21)23-15-24(23)26(29)30/h2-14,23-24,27H,15-17H2,1H3,(H,29,30)/b28-25-/t23-,24+/m0/s1. The fourth-order valence-electron chi connectivity index (χ4n) is 3.72.